The average molecular weight is 598 g/mol. The zero-order chi connectivity index (χ0) is 30.0. The number of nitrogens with zero attached hydrogens (tertiary/aromatic N) is 3. The van der Waals surface area contributed by atoms with Crippen LogP contribution in [0.25, 0.3) is 44.3 Å². The van der Waals surface area contributed by atoms with Gasteiger partial charge in [0.25, 0.3) is 5.56 Å². The lowest BCUT2D eigenvalue weighted by molar-refractivity contribution is 0.282. The molecule has 0 radical (unpaired) electrons. The highest BCUT2D eigenvalue weighted by Crippen LogP contribution is 2.41. The van der Waals surface area contributed by atoms with Gasteiger partial charge >= 0.3 is 0 Å². The summed E-state index contributed by atoms with van der Waals surface area (Å²) in [6, 6.07) is 12.1. The molecule has 0 spiro atoms. The van der Waals surface area contributed by atoms with Crippen LogP contribution in [-0.2, 0) is 16.4 Å². The summed E-state index contributed by atoms with van der Waals surface area (Å²) in [7, 11) is -3.21. The van der Waals surface area contributed by atoms with Crippen LogP contribution < -0.4 is 11.3 Å². The van der Waals surface area contributed by atoms with E-state index in [-0.39, 0.29) is 11.3 Å². The Kier molecular flexibility index (Phi) is 6.33. The van der Waals surface area contributed by atoms with Crippen LogP contribution in [-0.4, -0.2) is 44.5 Å². The summed E-state index contributed by atoms with van der Waals surface area (Å²) in [6.07, 6.45) is 10.5. The normalized spacial score (nSPS) is 17.1. The van der Waals surface area contributed by atoms with Gasteiger partial charge in [-0.05, 0) is 66.0 Å². The minimum absolute atomic E-state index is 0.00272. The molecule has 5 aromatic rings. The number of nitrogen functional groups attached to an aromatic ring is 1. The molecule has 4 N–H and O–H groups in total. The average Bonchev–Trinajstić information content (AvgIpc) is 3.75. The van der Waals surface area contributed by atoms with Gasteiger partial charge < -0.3 is 15.8 Å². The summed E-state index contributed by atoms with van der Waals surface area (Å²) in [5.41, 5.74) is 10.2. The zero-order valence-corrected chi connectivity index (χ0v) is 24.0. The minimum Gasteiger partial charge on any atom is -0.392 e. The number of H-pyrrole nitrogens is 1. The van der Waals surface area contributed by atoms with Crippen LogP contribution in [0.4, 0.5) is 10.3 Å². The van der Waals surface area contributed by atoms with Crippen molar-refractivity contribution in [3.8, 4) is 16.9 Å². The molecule has 0 bridgehead atoms. The lowest BCUT2D eigenvalue weighted by atomic mass is 9.99. The first-order valence-electron chi connectivity index (χ1n) is 13.9. The van der Waals surface area contributed by atoms with Crippen LogP contribution in [0.3, 0.4) is 0 Å². The number of aromatic amines is 1. The maximum atomic E-state index is 15.2. The summed E-state index contributed by atoms with van der Waals surface area (Å²) in [4.78, 5) is 25.7. The van der Waals surface area contributed by atoms with Crippen molar-refractivity contribution in [3.05, 3.63) is 99.9 Å². The number of hydrogen-bond acceptors (Lipinski definition) is 7. The molecule has 11 heteroatoms. The number of hydrogen-bond donors (Lipinski definition) is 3. The topological polar surface area (TPSA) is 144 Å². The van der Waals surface area contributed by atoms with Crippen molar-refractivity contribution >= 4 is 43.2 Å². The molecule has 7 rings (SSSR count). The number of fused-ring (bicyclic) bond motifs is 2. The molecule has 1 fully saturated rings. The lowest BCUT2D eigenvalue weighted by Crippen LogP contribution is -2.20. The van der Waals surface area contributed by atoms with E-state index in [4.69, 9.17) is 5.73 Å². The number of halogens is 1. The van der Waals surface area contributed by atoms with E-state index in [0.29, 0.717) is 57.0 Å². The number of anilines is 1. The highest BCUT2D eigenvalue weighted by molar-refractivity contribution is 7.91. The molecule has 218 valence electrons. The Balaban J connectivity index is 1.35. The Bertz CT molecular complexity index is 2200. The van der Waals surface area contributed by atoms with Gasteiger partial charge in [0.15, 0.2) is 9.84 Å². The molecule has 0 amide bonds. The number of nitrogens with one attached hydrogen (secondary N) is 1. The van der Waals surface area contributed by atoms with Gasteiger partial charge in [-0.2, -0.15) is 4.98 Å². The number of aliphatic hydroxyl groups is 1. The van der Waals surface area contributed by atoms with E-state index in [1.54, 1.807) is 42.6 Å². The quantitative estimate of drug-likeness (QED) is 0.256. The molecule has 9 nitrogen and oxygen atoms in total. The number of sulfone groups is 1. The van der Waals surface area contributed by atoms with Crippen molar-refractivity contribution in [2.75, 3.05) is 12.0 Å². The van der Waals surface area contributed by atoms with E-state index in [9.17, 15) is 18.3 Å². The first-order valence-corrected chi connectivity index (χ1v) is 15.9. The smallest absolute Gasteiger partial charge is 0.265 e. The summed E-state index contributed by atoms with van der Waals surface area (Å²) >= 11 is 0. The highest BCUT2D eigenvalue weighted by Gasteiger charge is 2.26. The molecule has 1 saturated carbocycles. The molecule has 0 aliphatic heterocycles. The molecular formula is C32H28FN5O4S. The molecular weight excluding hydrogens is 569 g/mol. The molecule has 1 atom stereocenters. The standard InChI is InChI=1S/C32H28FN5O4S/c1-43(41,42)21-9-7-18(8-10-21)26-15-23-29(36-32(34)37-30(23)35-26)22-3-2-4-27(24(22)16-39)38-12-11-19-13-20(17-5-6-17)14-25(33)28(19)31(38)40/h2-4,7-9,11-15,17,21,39H,5-6,10,16H2,1H3,(H3,34,35,36,37). The van der Waals surface area contributed by atoms with Gasteiger partial charge in [-0.1, -0.05) is 36.4 Å². The van der Waals surface area contributed by atoms with Crippen molar-refractivity contribution < 1.29 is 17.9 Å². The fourth-order valence-corrected chi connectivity index (χ4v) is 6.70. The Labute approximate surface area is 246 Å². The summed E-state index contributed by atoms with van der Waals surface area (Å²) < 4.78 is 40.5. The van der Waals surface area contributed by atoms with Crippen molar-refractivity contribution in [1.29, 1.82) is 0 Å². The number of benzene rings is 2. The maximum absolute atomic E-state index is 15.2. The lowest BCUT2D eigenvalue weighted by Gasteiger charge is -2.16. The molecule has 1 unspecified atom stereocenters. The fourth-order valence-electron chi connectivity index (χ4n) is 5.89. The van der Waals surface area contributed by atoms with E-state index >= 15 is 4.39 Å². The van der Waals surface area contributed by atoms with Crippen LogP contribution in [0.15, 0.2) is 71.7 Å². The number of aromatic nitrogens is 4. The van der Waals surface area contributed by atoms with E-state index in [2.05, 4.69) is 15.0 Å². The van der Waals surface area contributed by atoms with Gasteiger partial charge in [0.1, 0.15) is 11.5 Å². The molecule has 2 aromatic carbocycles. The van der Waals surface area contributed by atoms with Gasteiger partial charge in [-0.15, -0.1) is 0 Å². The first kappa shape index (κ1) is 27.2. The van der Waals surface area contributed by atoms with Crippen LogP contribution in [0.5, 0.6) is 0 Å². The van der Waals surface area contributed by atoms with Crippen molar-refractivity contribution in [1.82, 2.24) is 19.5 Å². The highest BCUT2D eigenvalue weighted by atomic mass is 32.2. The van der Waals surface area contributed by atoms with Gasteiger partial charge in [0, 0.05) is 34.7 Å². The minimum atomic E-state index is -3.21. The molecule has 2 aliphatic carbocycles. The first-order chi connectivity index (χ1) is 20.6. The van der Waals surface area contributed by atoms with Crippen LogP contribution in [0.1, 0.15) is 42.0 Å². The van der Waals surface area contributed by atoms with E-state index in [0.717, 1.165) is 24.0 Å². The number of allylic oxidation sites excluding steroid dienone is 3. The number of rotatable bonds is 6. The second kappa shape index (κ2) is 9.99. The predicted molar refractivity (Wildman–Crippen MR) is 165 cm³/mol. The number of aliphatic hydroxyl groups excluding tert-OH is 1. The third-order valence-corrected chi connectivity index (χ3v) is 9.73. The third kappa shape index (κ3) is 4.74. The van der Waals surface area contributed by atoms with Crippen LogP contribution >= 0.6 is 0 Å². The predicted octanol–water partition coefficient (Wildman–Crippen LogP) is 4.78. The molecule has 3 aromatic heterocycles. The Morgan fingerprint density at radius 3 is 2.67 bits per heavy atom. The zero-order valence-electron chi connectivity index (χ0n) is 23.2. The molecule has 2 aliphatic rings. The fraction of sp³-hybridized carbons (Fsp3) is 0.219. The van der Waals surface area contributed by atoms with Gasteiger partial charge in [0.05, 0.1) is 28.6 Å². The van der Waals surface area contributed by atoms with Gasteiger partial charge in [0.2, 0.25) is 5.95 Å². The van der Waals surface area contributed by atoms with E-state index in [1.807, 2.05) is 18.2 Å². The Morgan fingerprint density at radius 1 is 1.16 bits per heavy atom. The van der Waals surface area contributed by atoms with Crippen molar-refractivity contribution in [2.24, 2.45) is 0 Å². The maximum Gasteiger partial charge on any atom is 0.265 e. The Hall–Kier alpha value is -4.61. The summed E-state index contributed by atoms with van der Waals surface area (Å²) in [5.74, 6) is -0.202. The van der Waals surface area contributed by atoms with E-state index in [1.165, 1.54) is 16.9 Å². The van der Waals surface area contributed by atoms with Crippen LogP contribution in [0.2, 0.25) is 0 Å². The Morgan fingerprint density at radius 2 is 1.98 bits per heavy atom. The number of pyridine rings is 1. The van der Waals surface area contributed by atoms with Crippen LogP contribution in [0, 0.1) is 5.82 Å². The molecule has 43 heavy (non-hydrogen) atoms. The summed E-state index contributed by atoms with van der Waals surface area (Å²) in [5, 5.41) is 11.2. The third-order valence-electron chi connectivity index (χ3n) is 8.28. The van der Waals surface area contributed by atoms with Gasteiger partial charge in [-0.25, -0.2) is 17.8 Å². The van der Waals surface area contributed by atoms with Gasteiger partial charge in [-0.3, -0.25) is 9.36 Å². The second-order valence-corrected chi connectivity index (χ2v) is 13.5. The monoisotopic (exact) mass is 597 g/mol. The molecule has 3 heterocycles. The van der Waals surface area contributed by atoms with E-state index < -0.39 is 33.1 Å². The summed E-state index contributed by atoms with van der Waals surface area (Å²) in [6.45, 7) is -0.428. The SMILES string of the molecule is CS(=O)(=O)C1C=CC(c2cc3c(-c4cccc(-n5ccc6cc(C7CC7)cc(F)c6c5=O)c4CO)nc(N)nc3[nH]2)=CC1. The van der Waals surface area contributed by atoms with Crippen molar-refractivity contribution in [2.45, 2.75) is 37.0 Å². The van der Waals surface area contributed by atoms with Crippen molar-refractivity contribution in [3.63, 3.8) is 0 Å². The second-order valence-electron chi connectivity index (χ2n) is 11.2. The molecule has 0 saturated heterocycles. The largest absolute Gasteiger partial charge is 0.392 e. The number of nitrogens with two attached hydrogens (primary N) is 1.